The van der Waals surface area contributed by atoms with Crippen molar-refractivity contribution in [2.45, 2.75) is 46.3 Å². The van der Waals surface area contributed by atoms with Crippen LogP contribution in [0.25, 0.3) is 0 Å². The van der Waals surface area contributed by atoms with Crippen molar-refractivity contribution in [3.63, 3.8) is 0 Å². The van der Waals surface area contributed by atoms with Crippen LogP contribution in [0.15, 0.2) is 17.1 Å². The Kier molecular flexibility index (Phi) is 11.0. The van der Waals surface area contributed by atoms with Gasteiger partial charge in [0.1, 0.15) is 5.60 Å². The Hall–Kier alpha value is -1.03. The largest absolute Gasteiger partial charge is 0.444 e. The first-order chi connectivity index (χ1) is 10.8. The molecule has 0 radical (unpaired) electrons. The molecule has 1 amide bonds. The van der Waals surface area contributed by atoms with Gasteiger partial charge in [-0.25, -0.2) is 4.79 Å². The number of carbonyl (C=O) groups excluding carboxylic acids is 1. The molecular formula is C16H29IN4O2S. The lowest BCUT2D eigenvalue weighted by atomic mass is 10.2. The molecule has 0 atom stereocenters. The summed E-state index contributed by atoms with van der Waals surface area (Å²) in [6, 6.07) is 4.29. The molecular weight excluding hydrogens is 439 g/mol. The number of thiophene rings is 1. The van der Waals surface area contributed by atoms with Crippen LogP contribution in [-0.4, -0.2) is 37.8 Å². The monoisotopic (exact) mass is 468 g/mol. The smallest absolute Gasteiger partial charge is 0.407 e. The van der Waals surface area contributed by atoms with E-state index in [1.165, 1.54) is 9.75 Å². The molecule has 0 saturated carbocycles. The predicted molar refractivity (Wildman–Crippen MR) is 112 cm³/mol. The third-order valence-electron chi connectivity index (χ3n) is 2.81. The second kappa shape index (κ2) is 11.5. The second-order valence-electron chi connectivity index (χ2n) is 6.00. The van der Waals surface area contributed by atoms with E-state index in [4.69, 9.17) is 4.74 Å². The summed E-state index contributed by atoms with van der Waals surface area (Å²) in [6.07, 6.45) is 0.654. The van der Waals surface area contributed by atoms with E-state index in [9.17, 15) is 4.79 Å². The van der Waals surface area contributed by atoms with Gasteiger partial charge < -0.3 is 20.7 Å². The van der Waals surface area contributed by atoms with Gasteiger partial charge in [0.2, 0.25) is 0 Å². The van der Waals surface area contributed by atoms with Crippen LogP contribution in [0.1, 0.15) is 37.4 Å². The van der Waals surface area contributed by atoms with E-state index in [2.05, 4.69) is 40.0 Å². The second-order valence-corrected chi connectivity index (χ2v) is 7.26. The predicted octanol–water partition coefficient (Wildman–Crippen LogP) is 3.12. The minimum Gasteiger partial charge on any atom is -0.444 e. The maximum Gasteiger partial charge on any atom is 0.407 e. The van der Waals surface area contributed by atoms with Crippen LogP contribution in [0.3, 0.4) is 0 Å². The Balaban J connectivity index is 0.00000529. The summed E-state index contributed by atoms with van der Waals surface area (Å²) in [6.45, 7) is 9.45. The number of rotatable bonds is 6. The average Bonchev–Trinajstić information content (AvgIpc) is 2.92. The molecule has 8 heteroatoms. The normalized spacial score (nSPS) is 11.5. The Morgan fingerprint density at radius 3 is 2.33 bits per heavy atom. The number of nitrogens with zero attached hydrogens (tertiary/aromatic N) is 1. The highest BCUT2D eigenvalue weighted by Gasteiger charge is 2.15. The number of ether oxygens (including phenoxy) is 1. The van der Waals surface area contributed by atoms with Gasteiger partial charge in [-0.1, -0.05) is 6.92 Å². The number of amides is 1. The number of guanidine groups is 1. The van der Waals surface area contributed by atoms with Crippen molar-refractivity contribution < 1.29 is 9.53 Å². The first-order valence-electron chi connectivity index (χ1n) is 7.83. The number of carbonyl (C=O) groups is 1. The fourth-order valence-electron chi connectivity index (χ4n) is 1.76. The molecule has 0 aliphatic heterocycles. The summed E-state index contributed by atoms with van der Waals surface area (Å²) in [4.78, 5) is 18.3. The van der Waals surface area contributed by atoms with E-state index >= 15 is 0 Å². The van der Waals surface area contributed by atoms with Crippen molar-refractivity contribution in [3.05, 3.63) is 21.9 Å². The van der Waals surface area contributed by atoms with Crippen LogP contribution >= 0.6 is 35.3 Å². The maximum atomic E-state index is 11.5. The Labute approximate surface area is 165 Å². The zero-order chi connectivity index (χ0) is 17.3. The first kappa shape index (κ1) is 23.0. The number of hydrogen-bond acceptors (Lipinski definition) is 4. The zero-order valence-corrected chi connectivity index (χ0v) is 18.2. The van der Waals surface area contributed by atoms with Crippen LogP contribution < -0.4 is 16.0 Å². The van der Waals surface area contributed by atoms with Gasteiger partial charge in [0.15, 0.2) is 5.96 Å². The summed E-state index contributed by atoms with van der Waals surface area (Å²) >= 11 is 1.80. The average molecular weight is 468 g/mol. The van der Waals surface area contributed by atoms with Gasteiger partial charge in [-0.05, 0) is 39.3 Å². The molecule has 3 N–H and O–H groups in total. The zero-order valence-electron chi connectivity index (χ0n) is 15.1. The van der Waals surface area contributed by atoms with Crippen molar-refractivity contribution >= 4 is 47.4 Å². The number of hydrogen-bond donors (Lipinski definition) is 3. The summed E-state index contributed by atoms with van der Waals surface area (Å²) in [5, 5.41) is 9.11. The van der Waals surface area contributed by atoms with E-state index in [0.29, 0.717) is 19.0 Å². The Morgan fingerprint density at radius 1 is 1.17 bits per heavy atom. The quantitative estimate of drug-likeness (QED) is 0.260. The van der Waals surface area contributed by atoms with Gasteiger partial charge in [0.05, 0.1) is 6.54 Å². The van der Waals surface area contributed by atoms with Gasteiger partial charge in [-0.3, -0.25) is 4.99 Å². The van der Waals surface area contributed by atoms with Crippen LogP contribution in [0.5, 0.6) is 0 Å². The molecule has 0 aliphatic carbocycles. The lowest BCUT2D eigenvalue weighted by Gasteiger charge is -2.19. The molecule has 0 bridgehead atoms. The molecule has 1 aromatic rings. The Bertz CT molecular complexity index is 526. The third kappa shape index (κ3) is 9.96. The van der Waals surface area contributed by atoms with E-state index in [1.54, 1.807) is 18.4 Å². The molecule has 0 saturated heterocycles. The fraction of sp³-hybridized carbons (Fsp3) is 0.625. The molecule has 1 aromatic heterocycles. The van der Waals surface area contributed by atoms with E-state index in [0.717, 1.165) is 13.0 Å². The van der Waals surface area contributed by atoms with Crippen LogP contribution in [0.4, 0.5) is 4.79 Å². The van der Waals surface area contributed by atoms with Crippen molar-refractivity contribution in [1.82, 2.24) is 16.0 Å². The molecule has 6 nitrogen and oxygen atoms in total. The number of aryl methyl sites for hydroxylation is 1. The highest BCUT2D eigenvalue weighted by molar-refractivity contribution is 14.0. The molecule has 1 heterocycles. The third-order valence-corrected chi connectivity index (χ3v) is 4.03. The molecule has 138 valence electrons. The molecule has 24 heavy (non-hydrogen) atoms. The molecule has 1 rings (SSSR count). The summed E-state index contributed by atoms with van der Waals surface area (Å²) < 4.78 is 5.17. The Morgan fingerprint density at radius 2 is 1.79 bits per heavy atom. The van der Waals surface area contributed by atoms with Gasteiger partial charge in [0, 0.05) is 29.9 Å². The lowest BCUT2D eigenvalue weighted by Crippen LogP contribution is -2.42. The summed E-state index contributed by atoms with van der Waals surface area (Å²) in [5.41, 5.74) is -0.479. The van der Waals surface area contributed by atoms with Crippen LogP contribution in [0.2, 0.25) is 0 Å². The summed E-state index contributed by atoms with van der Waals surface area (Å²) in [5.74, 6) is 0.711. The van der Waals surface area contributed by atoms with Crippen LogP contribution in [-0.2, 0) is 17.7 Å². The fourth-order valence-corrected chi connectivity index (χ4v) is 2.66. The first-order valence-corrected chi connectivity index (χ1v) is 8.64. The SMILES string of the molecule is CCc1ccc(CNC(=NC)NCCNC(=O)OC(C)(C)C)s1.I. The highest BCUT2D eigenvalue weighted by atomic mass is 127. The van der Waals surface area contributed by atoms with Gasteiger partial charge in [-0.15, -0.1) is 35.3 Å². The summed E-state index contributed by atoms with van der Waals surface area (Å²) in [7, 11) is 1.72. The van der Waals surface area contributed by atoms with Crippen LogP contribution in [0, 0.1) is 0 Å². The molecule has 0 fully saturated rings. The van der Waals surface area contributed by atoms with E-state index in [-0.39, 0.29) is 24.0 Å². The number of alkyl carbamates (subject to hydrolysis) is 1. The van der Waals surface area contributed by atoms with E-state index in [1.807, 2.05) is 20.8 Å². The highest BCUT2D eigenvalue weighted by Crippen LogP contribution is 2.16. The van der Waals surface area contributed by atoms with Gasteiger partial charge in [0.25, 0.3) is 0 Å². The lowest BCUT2D eigenvalue weighted by molar-refractivity contribution is 0.0529. The topological polar surface area (TPSA) is 74.8 Å². The standard InChI is InChI=1S/C16H28N4O2S.HI/c1-6-12-7-8-13(23-12)11-20-14(17-5)18-9-10-19-15(21)22-16(2,3)4;/h7-8H,6,9-11H2,1-5H3,(H,19,21)(H2,17,18,20);1H. The van der Waals surface area contributed by atoms with Gasteiger partial charge in [-0.2, -0.15) is 0 Å². The number of halogens is 1. The van der Waals surface area contributed by atoms with E-state index < -0.39 is 11.7 Å². The minimum atomic E-state index is -0.479. The van der Waals surface area contributed by atoms with Crippen molar-refractivity contribution in [2.24, 2.45) is 4.99 Å². The molecule has 0 unspecified atom stereocenters. The molecule has 0 aliphatic rings. The van der Waals surface area contributed by atoms with Crippen molar-refractivity contribution in [1.29, 1.82) is 0 Å². The molecule has 0 spiro atoms. The van der Waals surface area contributed by atoms with Crippen molar-refractivity contribution in [2.75, 3.05) is 20.1 Å². The minimum absolute atomic E-state index is 0. The van der Waals surface area contributed by atoms with Gasteiger partial charge >= 0.3 is 6.09 Å². The van der Waals surface area contributed by atoms with Crippen molar-refractivity contribution in [3.8, 4) is 0 Å². The number of aliphatic imine (C=N–C) groups is 1. The molecule has 0 aromatic carbocycles. The maximum absolute atomic E-state index is 11.5. The number of nitrogens with one attached hydrogen (secondary N) is 3.